The lowest BCUT2D eigenvalue weighted by Gasteiger charge is -1.94. The van der Waals surface area contributed by atoms with Crippen molar-refractivity contribution in [1.82, 2.24) is 5.32 Å². The third kappa shape index (κ3) is 5.44. The topological polar surface area (TPSA) is 12.0 Å². The molecule has 0 saturated carbocycles. The zero-order chi connectivity index (χ0) is 6.24. The SMILES string of the molecule is C=CCCNCC=C. The fourth-order valence-electron chi connectivity index (χ4n) is 0.408. The van der Waals surface area contributed by atoms with Gasteiger partial charge in [0.2, 0.25) is 0 Å². The van der Waals surface area contributed by atoms with Crippen LogP contribution in [0.2, 0.25) is 0 Å². The molecule has 0 aliphatic heterocycles. The van der Waals surface area contributed by atoms with Crippen molar-refractivity contribution >= 4 is 0 Å². The van der Waals surface area contributed by atoms with Gasteiger partial charge < -0.3 is 5.32 Å². The van der Waals surface area contributed by atoms with Gasteiger partial charge in [-0.3, -0.25) is 0 Å². The van der Waals surface area contributed by atoms with Crippen LogP contribution in [0.4, 0.5) is 0 Å². The van der Waals surface area contributed by atoms with E-state index in [4.69, 9.17) is 0 Å². The quantitative estimate of drug-likeness (QED) is 0.417. The smallest absolute Gasteiger partial charge is 0.0132 e. The first-order valence-corrected chi connectivity index (χ1v) is 2.84. The van der Waals surface area contributed by atoms with Gasteiger partial charge in [0.15, 0.2) is 0 Å². The number of hydrogen-bond donors (Lipinski definition) is 1. The molecule has 0 aliphatic carbocycles. The fourth-order valence-corrected chi connectivity index (χ4v) is 0.408. The van der Waals surface area contributed by atoms with Crippen LogP contribution in [0.25, 0.3) is 0 Å². The van der Waals surface area contributed by atoms with Gasteiger partial charge in [-0.2, -0.15) is 0 Å². The van der Waals surface area contributed by atoms with Gasteiger partial charge in [-0.25, -0.2) is 0 Å². The van der Waals surface area contributed by atoms with Crippen LogP contribution in [0, 0.1) is 0 Å². The molecule has 8 heavy (non-hydrogen) atoms. The minimum absolute atomic E-state index is 0.897. The van der Waals surface area contributed by atoms with Gasteiger partial charge in [0.05, 0.1) is 0 Å². The second kappa shape index (κ2) is 6.44. The van der Waals surface area contributed by atoms with Crippen molar-refractivity contribution in [3.63, 3.8) is 0 Å². The van der Waals surface area contributed by atoms with Gasteiger partial charge in [0.1, 0.15) is 0 Å². The number of nitrogens with one attached hydrogen (secondary N) is 1. The van der Waals surface area contributed by atoms with E-state index >= 15 is 0 Å². The van der Waals surface area contributed by atoms with Gasteiger partial charge in [-0.05, 0) is 13.0 Å². The lowest BCUT2D eigenvalue weighted by atomic mass is 10.4. The van der Waals surface area contributed by atoms with Crippen LogP contribution in [0.5, 0.6) is 0 Å². The maximum absolute atomic E-state index is 3.59. The van der Waals surface area contributed by atoms with Crippen LogP contribution in [-0.2, 0) is 0 Å². The number of rotatable bonds is 5. The van der Waals surface area contributed by atoms with Gasteiger partial charge in [0, 0.05) is 6.54 Å². The Balaban J connectivity index is 2.71. The first-order chi connectivity index (χ1) is 3.91. The summed E-state index contributed by atoms with van der Waals surface area (Å²) in [6, 6.07) is 0. The van der Waals surface area contributed by atoms with E-state index in [0.717, 1.165) is 19.5 Å². The average molecular weight is 111 g/mol. The van der Waals surface area contributed by atoms with E-state index in [1.165, 1.54) is 0 Å². The van der Waals surface area contributed by atoms with E-state index in [2.05, 4.69) is 18.5 Å². The molecule has 46 valence electrons. The first kappa shape index (κ1) is 7.44. The highest BCUT2D eigenvalue weighted by molar-refractivity contribution is 4.72. The fraction of sp³-hybridized carbons (Fsp3) is 0.429. The normalized spacial score (nSPS) is 8.50. The van der Waals surface area contributed by atoms with Crippen molar-refractivity contribution in [1.29, 1.82) is 0 Å². The lowest BCUT2D eigenvalue weighted by Crippen LogP contribution is -2.13. The van der Waals surface area contributed by atoms with E-state index in [1.807, 2.05) is 12.2 Å². The van der Waals surface area contributed by atoms with Crippen molar-refractivity contribution < 1.29 is 0 Å². The van der Waals surface area contributed by atoms with Crippen molar-refractivity contribution in [2.45, 2.75) is 6.42 Å². The molecule has 0 radical (unpaired) electrons. The molecule has 0 aromatic heterocycles. The summed E-state index contributed by atoms with van der Waals surface area (Å²) >= 11 is 0. The predicted molar refractivity (Wildman–Crippen MR) is 37.9 cm³/mol. The van der Waals surface area contributed by atoms with Crippen molar-refractivity contribution in [2.24, 2.45) is 0 Å². The summed E-state index contributed by atoms with van der Waals surface area (Å²) in [5, 5.41) is 3.15. The lowest BCUT2D eigenvalue weighted by molar-refractivity contribution is 0.758. The van der Waals surface area contributed by atoms with Gasteiger partial charge in [0.25, 0.3) is 0 Å². The zero-order valence-corrected chi connectivity index (χ0v) is 5.19. The molecule has 0 aromatic carbocycles. The summed E-state index contributed by atoms with van der Waals surface area (Å²) in [4.78, 5) is 0. The summed E-state index contributed by atoms with van der Waals surface area (Å²) in [6.45, 7) is 9.07. The third-order valence-electron chi connectivity index (χ3n) is 0.814. The molecular formula is C7H13N. The second-order valence-corrected chi connectivity index (χ2v) is 1.57. The Morgan fingerprint density at radius 1 is 1.25 bits per heavy atom. The molecular weight excluding hydrogens is 98.1 g/mol. The molecule has 1 nitrogen and oxygen atoms in total. The van der Waals surface area contributed by atoms with Crippen LogP contribution < -0.4 is 5.32 Å². The Kier molecular flexibility index (Phi) is 5.99. The maximum Gasteiger partial charge on any atom is 0.0132 e. The van der Waals surface area contributed by atoms with Crippen LogP contribution in [0.3, 0.4) is 0 Å². The van der Waals surface area contributed by atoms with Crippen molar-refractivity contribution in [2.75, 3.05) is 13.1 Å². The molecule has 0 amide bonds. The molecule has 0 bridgehead atoms. The van der Waals surface area contributed by atoms with E-state index in [9.17, 15) is 0 Å². The Bertz CT molecular complexity index is 56.8. The molecule has 0 rings (SSSR count). The minimum atomic E-state index is 0.897. The molecule has 0 aromatic rings. The standard InChI is InChI=1S/C7H13N/c1-3-5-7-8-6-4-2/h3-4,8H,1-2,5-7H2. The summed E-state index contributed by atoms with van der Waals surface area (Å²) in [5.74, 6) is 0. The molecule has 0 spiro atoms. The Morgan fingerprint density at radius 2 is 2.00 bits per heavy atom. The highest BCUT2D eigenvalue weighted by Gasteiger charge is 1.75. The third-order valence-corrected chi connectivity index (χ3v) is 0.814. The molecule has 0 atom stereocenters. The van der Waals surface area contributed by atoms with Crippen LogP contribution in [-0.4, -0.2) is 13.1 Å². The van der Waals surface area contributed by atoms with Gasteiger partial charge in [-0.15, -0.1) is 13.2 Å². The van der Waals surface area contributed by atoms with Gasteiger partial charge >= 0.3 is 0 Å². The summed E-state index contributed by atoms with van der Waals surface area (Å²) in [7, 11) is 0. The van der Waals surface area contributed by atoms with Gasteiger partial charge in [-0.1, -0.05) is 12.2 Å². The van der Waals surface area contributed by atoms with E-state index in [1.54, 1.807) is 0 Å². The highest BCUT2D eigenvalue weighted by Crippen LogP contribution is 1.73. The van der Waals surface area contributed by atoms with Crippen LogP contribution in [0.15, 0.2) is 25.3 Å². The zero-order valence-electron chi connectivity index (χ0n) is 5.19. The van der Waals surface area contributed by atoms with Crippen molar-refractivity contribution in [3.8, 4) is 0 Å². The largest absolute Gasteiger partial charge is 0.313 e. The molecule has 1 heteroatoms. The Labute approximate surface area is 51.1 Å². The van der Waals surface area contributed by atoms with E-state index in [0.29, 0.717) is 0 Å². The average Bonchev–Trinajstić information content (AvgIpc) is 1.81. The molecule has 0 saturated heterocycles. The first-order valence-electron chi connectivity index (χ1n) is 2.84. The molecule has 0 fully saturated rings. The number of hydrogen-bond acceptors (Lipinski definition) is 1. The highest BCUT2D eigenvalue weighted by atomic mass is 14.8. The van der Waals surface area contributed by atoms with Crippen LogP contribution in [0.1, 0.15) is 6.42 Å². The monoisotopic (exact) mass is 111 g/mol. The molecule has 0 heterocycles. The Hall–Kier alpha value is -0.560. The second-order valence-electron chi connectivity index (χ2n) is 1.57. The van der Waals surface area contributed by atoms with Crippen molar-refractivity contribution in [3.05, 3.63) is 25.3 Å². The maximum atomic E-state index is 3.59. The predicted octanol–water partition coefficient (Wildman–Crippen LogP) is 1.34. The molecule has 0 aliphatic rings. The summed E-state index contributed by atoms with van der Waals surface area (Å²) in [5.41, 5.74) is 0. The molecule has 1 N–H and O–H groups in total. The molecule has 0 unspecified atom stereocenters. The summed E-state index contributed by atoms with van der Waals surface area (Å²) in [6.07, 6.45) is 4.78. The van der Waals surface area contributed by atoms with E-state index in [-0.39, 0.29) is 0 Å². The van der Waals surface area contributed by atoms with E-state index < -0.39 is 0 Å². The minimum Gasteiger partial charge on any atom is -0.313 e. The summed E-state index contributed by atoms with van der Waals surface area (Å²) < 4.78 is 0. The Morgan fingerprint density at radius 3 is 2.50 bits per heavy atom. The van der Waals surface area contributed by atoms with Crippen LogP contribution >= 0.6 is 0 Å².